The lowest BCUT2D eigenvalue weighted by Crippen LogP contribution is -2.25. The summed E-state index contributed by atoms with van der Waals surface area (Å²) in [5, 5.41) is 0. The molecular formula is C18H16FNO2. The van der Waals surface area contributed by atoms with Crippen LogP contribution in [0.25, 0.3) is 11.1 Å². The number of anilines is 1. The van der Waals surface area contributed by atoms with Gasteiger partial charge in [0.05, 0.1) is 0 Å². The number of nitrogens with zero attached hydrogens (tertiary/aromatic N) is 1. The zero-order valence-corrected chi connectivity index (χ0v) is 12.5. The van der Waals surface area contributed by atoms with Crippen molar-refractivity contribution >= 4 is 17.4 Å². The highest BCUT2D eigenvalue weighted by atomic mass is 19.1. The molecule has 4 heteroatoms. The number of amides is 1. The van der Waals surface area contributed by atoms with Crippen LogP contribution in [-0.2, 0) is 11.2 Å². The summed E-state index contributed by atoms with van der Waals surface area (Å²) in [6.45, 7) is 3.66. The third kappa shape index (κ3) is 2.41. The van der Waals surface area contributed by atoms with E-state index in [1.54, 1.807) is 24.0 Å². The summed E-state index contributed by atoms with van der Waals surface area (Å²) in [5.74, 6) is -0.437. The predicted octanol–water partition coefficient (Wildman–Crippen LogP) is 3.60. The lowest BCUT2D eigenvalue weighted by atomic mass is 9.98. The van der Waals surface area contributed by atoms with Gasteiger partial charge in [0, 0.05) is 30.3 Å². The second-order valence-corrected chi connectivity index (χ2v) is 5.51. The maximum Gasteiger partial charge on any atom is 0.223 e. The molecule has 3 nitrogen and oxygen atoms in total. The molecular weight excluding hydrogens is 281 g/mol. The Balaban J connectivity index is 2.06. The first-order valence-electron chi connectivity index (χ1n) is 7.19. The van der Waals surface area contributed by atoms with Crippen LogP contribution in [0.3, 0.4) is 0 Å². The van der Waals surface area contributed by atoms with Gasteiger partial charge in [-0.2, -0.15) is 0 Å². The molecule has 1 amide bonds. The molecule has 1 aliphatic rings. The third-order valence-electron chi connectivity index (χ3n) is 4.04. The van der Waals surface area contributed by atoms with Gasteiger partial charge in [-0.1, -0.05) is 6.07 Å². The number of benzene rings is 2. The van der Waals surface area contributed by atoms with Gasteiger partial charge in [-0.25, -0.2) is 4.39 Å². The fourth-order valence-electron chi connectivity index (χ4n) is 2.86. The number of carbonyl (C=O) groups is 2. The maximum absolute atomic E-state index is 14.1. The van der Waals surface area contributed by atoms with Gasteiger partial charge < -0.3 is 4.90 Å². The Hall–Kier alpha value is -2.49. The molecule has 0 aromatic heterocycles. The molecule has 0 spiro atoms. The summed E-state index contributed by atoms with van der Waals surface area (Å²) in [5.41, 5.74) is 3.54. The summed E-state index contributed by atoms with van der Waals surface area (Å²) in [7, 11) is 0. The molecule has 2 aromatic rings. The molecule has 3 rings (SSSR count). The normalized spacial score (nSPS) is 13.1. The van der Waals surface area contributed by atoms with Crippen LogP contribution < -0.4 is 4.90 Å². The topological polar surface area (TPSA) is 37.4 Å². The Bertz CT molecular complexity index is 783. The molecule has 0 N–H and O–H groups in total. The van der Waals surface area contributed by atoms with Crippen LogP contribution in [0.5, 0.6) is 0 Å². The van der Waals surface area contributed by atoms with Crippen molar-refractivity contribution in [1.82, 2.24) is 0 Å². The second kappa shape index (κ2) is 5.37. The zero-order chi connectivity index (χ0) is 15.9. The van der Waals surface area contributed by atoms with E-state index in [0.717, 1.165) is 23.2 Å². The van der Waals surface area contributed by atoms with Crippen molar-refractivity contribution in [3.05, 3.63) is 53.3 Å². The predicted molar refractivity (Wildman–Crippen MR) is 83.6 cm³/mol. The van der Waals surface area contributed by atoms with Crippen molar-refractivity contribution in [3.8, 4) is 11.1 Å². The molecule has 0 bridgehead atoms. The Morgan fingerprint density at radius 1 is 1.09 bits per heavy atom. The average Bonchev–Trinajstić information content (AvgIpc) is 2.90. The quantitative estimate of drug-likeness (QED) is 0.794. The van der Waals surface area contributed by atoms with Crippen LogP contribution >= 0.6 is 0 Å². The van der Waals surface area contributed by atoms with Crippen molar-refractivity contribution in [2.75, 3.05) is 11.4 Å². The number of ketones is 1. The number of Topliss-reactive ketones (excluding diaryl/α,β-unsaturated/α-hetero) is 1. The van der Waals surface area contributed by atoms with Gasteiger partial charge in [0.1, 0.15) is 5.82 Å². The number of fused-ring (bicyclic) bond motifs is 1. The van der Waals surface area contributed by atoms with Gasteiger partial charge in [0.2, 0.25) is 5.91 Å². The van der Waals surface area contributed by atoms with Gasteiger partial charge in [0.15, 0.2) is 5.78 Å². The maximum atomic E-state index is 14.1. The van der Waals surface area contributed by atoms with Crippen LogP contribution in [0.1, 0.15) is 29.8 Å². The fraction of sp³-hybridized carbons (Fsp3) is 0.222. The third-order valence-corrected chi connectivity index (χ3v) is 4.04. The van der Waals surface area contributed by atoms with E-state index in [4.69, 9.17) is 0 Å². The van der Waals surface area contributed by atoms with Gasteiger partial charge in [-0.15, -0.1) is 0 Å². The van der Waals surface area contributed by atoms with E-state index in [9.17, 15) is 14.0 Å². The van der Waals surface area contributed by atoms with Gasteiger partial charge in [-0.05, 0) is 54.8 Å². The molecule has 0 aliphatic carbocycles. The largest absolute Gasteiger partial charge is 0.312 e. The monoisotopic (exact) mass is 297 g/mol. The highest BCUT2D eigenvalue weighted by Crippen LogP contribution is 2.33. The molecule has 0 unspecified atom stereocenters. The second-order valence-electron chi connectivity index (χ2n) is 5.51. The summed E-state index contributed by atoms with van der Waals surface area (Å²) < 4.78 is 14.1. The van der Waals surface area contributed by atoms with E-state index in [1.807, 2.05) is 12.1 Å². The zero-order valence-electron chi connectivity index (χ0n) is 12.5. The molecule has 0 saturated carbocycles. The minimum Gasteiger partial charge on any atom is -0.312 e. The first-order chi connectivity index (χ1) is 10.5. The van der Waals surface area contributed by atoms with E-state index >= 15 is 0 Å². The molecule has 0 atom stereocenters. The molecule has 112 valence electrons. The number of halogens is 1. The van der Waals surface area contributed by atoms with Crippen molar-refractivity contribution < 1.29 is 14.0 Å². The van der Waals surface area contributed by atoms with Crippen LogP contribution in [0, 0.1) is 5.82 Å². The minimum absolute atomic E-state index is 0.0104. The lowest BCUT2D eigenvalue weighted by molar-refractivity contribution is -0.116. The standard InChI is InChI=1S/C18H16FNO2/c1-11(21)13-3-5-17(19)16(10-13)14-4-6-18-15(9-14)7-8-20(18)12(2)22/h3-6,9-10H,7-8H2,1-2H3. The highest BCUT2D eigenvalue weighted by molar-refractivity contribution is 5.96. The number of hydrogen-bond donors (Lipinski definition) is 0. The highest BCUT2D eigenvalue weighted by Gasteiger charge is 2.22. The lowest BCUT2D eigenvalue weighted by Gasteiger charge is -2.15. The van der Waals surface area contributed by atoms with E-state index in [2.05, 4.69) is 0 Å². The van der Waals surface area contributed by atoms with Crippen LogP contribution in [0.15, 0.2) is 36.4 Å². The number of hydrogen-bond acceptors (Lipinski definition) is 2. The molecule has 2 aromatic carbocycles. The molecule has 0 fully saturated rings. The van der Waals surface area contributed by atoms with E-state index in [-0.39, 0.29) is 17.5 Å². The summed E-state index contributed by atoms with van der Waals surface area (Å²) in [4.78, 5) is 24.8. The van der Waals surface area contributed by atoms with Crippen LogP contribution in [-0.4, -0.2) is 18.2 Å². The van der Waals surface area contributed by atoms with Crippen LogP contribution in [0.2, 0.25) is 0 Å². The van der Waals surface area contributed by atoms with E-state index < -0.39 is 0 Å². The Kier molecular flexibility index (Phi) is 3.53. The molecule has 0 saturated heterocycles. The minimum atomic E-state index is -0.355. The fourth-order valence-corrected chi connectivity index (χ4v) is 2.86. The summed E-state index contributed by atoms with van der Waals surface area (Å²) in [6, 6.07) is 9.94. The summed E-state index contributed by atoms with van der Waals surface area (Å²) in [6.07, 6.45) is 0.761. The van der Waals surface area contributed by atoms with Gasteiger partial charge >= 0.3 is 0 Å². The Morgan fingerprint density at radius 3 is 2.55 bits per heavy atom. The number of rotatable bonds is 2. The van der Waals surface area contributed by atoms with Crippen molar-refractivity contribution in [1.29, 1.82) is 0 Å². The van der Waals surface area contributed by atoms with Gasteiger partial charge in [0.25, 0.3) is 0 Å². The SMILES string of the molecule is CC(=O)c1ccc(F)c(-c2ccc3c(c2)CCN3C(C)=O)c1. The van der Waals surface area contributed by atoms with Crippen molar-refractivity contribution in [2.45, 2.75) is 20.3 Å². The van der Waals surface area contributed by atoms with Gasteiger partial charge in [-0.3, -0.25) is 9.59 Å². The molecule has 22 heavy (non-hydrogen) atoms. The Morgan fingerprint density at radius 2 is 1.86 bits per heavy atom. The first kappa shape index (κ1) is 14.4. The molecule has 1 aliphatic heterocycles. The van der Waals surface area contributed by atoms with E-state index in [0.29, 0.717) is 17.7 Å². The first-order valence-corrected chi connectivity index (χ1v) is 7.19. The number of carbonyl (C=O) groups excluding carboxylic acids is 2. The molecule has 1 heterocycles. The van der Waals surface area contributed by atoms with E-state index in [1.165, 1.54) is 19.1 Å². The van der Waals surface area contributed by atoms with Crippen LogP contribution in [0.4, 0.5) is 10.1 Å². The smallest absolute Gasteiger partial charge is 0.223 e. The summed E-state index contributed by atoms with van der Waals surface area (Å²) >= 11 is 0. The Labute approximate surface area is 128 Å². The molecule has 0 radical (unpaired) electrons. The van der Waals surface area contributed by atoms with Crippen molar-refractivity contribution in [3.63, 3.8) is 0 Å². The van der Waals surface area contributed by atoms with Crippen molar-refractivity contribution in [2.24, 2.45) is 0 Å². The average molecular weight is 297 g/mol.